The number of nitrogens with zero attached hydrogens (tertiary/aromatic N) is 1. The van der Waals surface area contributed by atoms with E-state index in [4.69, 9.17) is 14.3 Å². The van der Waals surface area contributed by atoms with E-state index in [1.54, 1.807) is 6.26 Å². The lowest BCUT2D eigenvalue weighted by atomic mass is 10.1. The monoisotopic (exact) mass is 183 g/mol. The van der Waals surface area contributed by atoms with E-state index in [2.05, 4.69) is 4.98 Å². The lowest BCUT2D eigenvalue weighted by Gasteiger charge is -2.19. The zero-order chi connectivity index (χ0) is 9.10. The van der Waals surface area contributed by atoms with E-state index in [0.29, 0.717) is 5.89 Å². The second-order valence-corrected chi connectivity index (χ2v) is 3.18. The van der Waals surface area contributed by atoms with Crippen LogP contribution in [0.15, 0.2) is 10.7 Å². The van der Waals surface area contributed by atoms with Crippen molar-refractivity contribution < 1.29 is 14.3 Å². The number of aromatic nitrogens is 1. The molecule has 0 aromatic carbocycles. The van der Waals surface area contributed by atoms with Gasteiger partial charge in [-0.25, -0.2) is 4.98 Å². The fourth-order valence-corrected chi connectivity index (χ4v) is 1.52. The van der Waals surface area contributed by atoms with Crippen molar-refractivity contribution in [2.75, 3.05) is 6.61 Å². The molecule has 1 N–H and O–H groups in total. The van der Waals surface area contributed by atoms with Crippen LogP contribution < -0.4 is 0 Å². The van der Waals surface area contributed by atoms with Gasteiger partial charge in [-0.15, -0.1) is 0 Å². The third-order valence-electron chi connectivity index (χ3n) is 2.21. The van der Waals surface area contributed by atoms with Crippen LogP contribution in [0.2, 0.25) is 0 Å². The lowest BCUT2D eigenvalue weighted by molar-refractivity contribution is 0.0122. The molecule has 4 heteroatoms. The molecule has 1 saturated heterocycles. The summed E-state index contributed by atoms with van der Waals surface area (Å²) in [6.07, 6.45) is 4.93. The maximum Gasteiger partial charge on any atom is 0.220 e. The van der Waals surface area contributed by atoms with Gasteiger partial charge in [0.05, 0.1) is 0 Å². The predicted octanol–water partition coefficient (Wildman–Crippen LogP) is 1.41. The molecule has 13 heavy (non-hydrogen) atoms. The molecule has 0 bridgehead atoms. The third-order valence-corrected chi connectivity index (χ3v) is 2.21. The zero-order valence-corrected chi connectivity index (χ0v) is 7.40. The van der Waals surface area contributed by atoms with Crippen LogP contribution in [0.3, 0.4) is 0 Å². The van der Waals surface area contributed by atoms with Crippen LogP contribution in [0.1, 0.15) is 37.0 Å². The van der Waals surface area contributed by atoms with Crippen molar-refractivity contribution in [1.82, 2.24) is 4.98 Å². The summed E-state index contributed by atoms with van der Waals surface area (Å²) in [5, 5.41) is 8.75. The number of aliphatic hydroxyl groups excluding tert-OH is 1. The van der Waals surface area contributed by atoms with E-state index >= 15 is 0 Å². The summed E-state index contributed by atoms with van der Waals surface area (Å²) >= 11 is 0. The molecule has 1 aliphatic heterocycles. The Morgan fingerprint density at radius 3 is 3.08 bits per heavy atom. The van der Waals surface area contributed by atoms with Crippen molar-refractivity contribution in [2.24, 2.45) is 0 Å². The second-order valence-electron chi connectivity index (χ2n) is 3.18. The van der Waals surface area contributed by atoms with E-state index < -0.39 is 0 Å². The van der Waals surface area contributed by atoms with Crippen molar-refractivity contribution in [3.05, 3.63) is 17.8 Å². The topological polar surface area (TPSA) is 55.5 Å². The van der Waals surface area contributed by atoms with Crippen molar-refractivity contribution in [1.29, 1.82) is 0 Å². The van der Waals surface area contributed by atoms with Crippen molar-refractivity contribution in [2.45, 2.75) is 32.0 Å². The quantitative estimate of drug-likeness (QED) is 0.753. The standard InChI is InChI=1S/C9H13NO3/c11-5-9-10-7(6-13-9)8-3-1-2-4-12-8/h6,8,11H,1-5H2. The molecule has 0 aliphatic carbocycles. The van der Waals surface area contributed by atoms with E-state index in [0.717, 1.165) is 25.1 Å². The van der Waals surface area contributed by atoms with Gasteiger partial charge >= 0.3 is 0 Å². The Labute approximate surface area is 76.5 Å². The number of hydrogen-bond donors (Lipinski definition) is 1. The Bertz CT molecular complexity index is 266. The van der Waals surface area contributed by atoms with Crippen LogP contribution in [0, 0.1) is 0 Å². The molecule has 1 aromatic rings. The van der Waals surface area contributed by atoms with Gasteiger partial charge in [0, 0.05) is 6.61 Å². The Hall–Kier alpha value is -0.870. The fourth-order valence-electron chi connectivity index (χ4n) is 1.52. The molecule has 1 atom stereocenters. The largest absolute Gasteiger partial charge is 0.446 e. The highest BCUT2D eigenvalue weighted by molar-refractivity contribution is 5.01. The van der Waals surface area contributed by atoms with Gasteiger partial charge in [0.2, 0.25) is 5.89 Å². The van der Waals surface area contributed by atoms with Gasteiger partial charge < -0.3 is 14.3 Å². The minimum Gasteiger partial charge on any atom is -0.446 e. The van der Waals surface area contributed by atoms with Gasteiger partial charge in [-0.3, -0.25) is 0 Å². The molecule has 0 radical (unpaired) electrons. The summed E-state index contributed by atoms with van der Waals surface area (Å²) < 4.78 is 10.5. The third kappa shape index (κ3) is 1.89. The highest BCUT2D eigenvalue weighted by Crippen LogP contribution is 2.26. The number of hydrogen-bond acceptors (Lipinski definition) is 4. The molecule has 2 rings (SSSR count). The lowest BCUT2D eigenvalue weighted by Crippen LogP contribution is -2.11. The van der Waals surface area contributed by atoms with Crippen molar-refractivity contribution in [3.63, 3.8) is 0 Å². The molecule has 1 aliphatic rings. The van der Waals surface area contributed by atoms with E-state index in [1.165, 1.54) is 6.42 Å². The van der Waals surface area contributed by atoms with Crippen LogP contribution in [0.25, 0.3) is 0 Å². The first-order chi connectivity index (χ1) is 6.40. The predicted molar refractivity (Wildman–Crippen MR) is 45.0 cm³/mol. The molecule has 72 valence electrons. The smallest absolute Gasteiger partial charge is 0.220 e. The molecule has 1 aromatic heterocycles. The zero-order valence-electron chi connectivity index (χ0n) is 7.40. The minimum absolute atomic E-state index is 0.0674. The summed E-state index contributed by atoms with van der Waals surface area (Å²) in [5.41, 5.74) is 0.809. The first-order valence-electron chi connectivity index (χ1n) is 4.57. The maximum absolute atomic E-state index is 8.75. The van der Waals surface area contributed by atoms with Crippen molar-refractivity contribution >= 4 is 0 Å². The normalized spacial score (nSPS) is 23.3. The Kier molecular flexibility index (Phi) is 2.61. The molecular formula is C9H13NO3. The van der Waals surface area contributed by atoms with Gasteiger partial charge in [-0.1, -0.05) is 0 Å². The fraction of sp³-hybridized carbons (Fsp3) is 0.667. The average Bonchev–Trinajstić information content (AvgIpc) is 2.67. The first kappa shape index (κ1) is 8.72. The summed E-state index contributed by atoms with van der Waals surface area (Å²) in [6.45, 7) is 0.651. The molecule has 1 unspecified atom stereocenters. The van der Waals surface area contributed by atoms with Crippen LogP contribution in [0.4, 0.5) is 0 Å². The highest BCUT2D eigenvalue weighted by atomic mass is 16.5. The molecule has 2 heterocycles. The van der Waals surface area contributed by atoms with E-state index in [9.17, 15) is 0 Å². The molecule has 1 fully saturated rings. The van der Waals surface area contributed by atoms with Gasteiger partial charge in [0.15, 0.2) is 0 Å². The van der Waals surface area contributed by atoms with Crippen LogP contribution in [-0.2, 0) is 11.3 Å². The minimum atomic E-state index is -0.146. The molecular weight excluding hydrogens is 170 g/mol. The maximum atomic E-state index is 8.75. The summed E-state index contributed by atoms with van der Waals surface area (Å²) in [5.74, 6) is 0.365. The number of ether oxygens (including phenoxy) is 1. The molecule has 0 saturated carbocycles. The van der Waals surface area contributed by atoms with Gasteiger partial charge in [-0.2, -0.15) is 0 Å². The Morgan fingerprint density at radius 1 is 1.54 bits per heavy atom. The SMILES string of the molecule is OCc1nc(C2CCCCO2)co1. The van der Waals surface area contributed by atoms with E-state index in [-0.39, 0.29) is 12.7 Å². The Morgan fingerprint density at radius 2 is 2.46 bits per heavy atom. The van der Waals surface area contributed by atoms with Gasteiger partial charge in [-0.05, 0) is 19.3 Å². The van der Waals surface area contributed by atoms with E-state index in [1.807, 2.05) is 0 Å². The van der Waals surface area contributed by atoms with Gasteiger partial charge in [0.1, 0.15) is 24.7 Å². The van der Waals surface area contributed by atoms with Crippen LogP contribution in [-0.4, -0.2) is 16.7 Å². The first-order valence-corrected chi connectivity index (χ1v) is 4.57. The number of oxazole rings is 1. The molecule has 0 spiro atoms. The summed E-state index contributed by atoms with van der Waals surface area (Å²) in [7, 11) is 0. The van der Waals surface area contributed by atoms with Gasteiger partial charge in [0.25, 0.3) is 0 Å². The second kappa shape index (κ2) is 3.89. The summed E-state index contributed by atoms with van der Waals surface area (Å²) in [6, 6.07) is 0. The number of aliphatic hydroxyl groups is 1. The van der Waals surface area contributed by atoms with Crippen LogP contribution >= 0.6 is 0 Å². The number of rotatable bonds is 2. The highest BCUT2D eigenvalue weighted by Gasteiger charge is 2.19. The average molecular weight is 183 g/mol. The molecule has 0 amide bonds. The summed E-state index contributed by atoms with van der Waals surface area (Å²) in [4.78, 5) is 4.11. The van der Waals surface area contributed by atoms with Crippen LogP contribution in [0.5, 0.6) is 0 Å². The Balaban J connectivity index is 2.05. The van der Waals surface area contributed by atoms with Crippen molar-refractivity contribution in [3.8, 4) is 0 Å². The molecule has 4 nitrogen and oxygen atoms in total.